The van der Waals surface area contributed by atoms with Crippen molar-refractivity contribution in [3.05, 3.63) is 54.1 Å². The molecule has 0 heterocycles. The van der Waals surface area contributed by atoms with E-state index in [1.165, 1.54) is 0 Å². The van der Waals surface area contributed by atoms with Crippen molar-refractivity contribution >= 4 is 17.5 Å². The number of hydrogen-bond acceptors (Lipinski definition) is 4. The average molecular weight is 396 g/mol. The molecule has 1 fully saturated rings. The number of nitrogens with one attached hydrogen (secondary N) is 2. The largest absolute Gasteiger partial charge is 0.491 e. The van der Waals surface area contributed by atoms with E-state index in [1.54, 1.807) is 18.2 Å². The summed E-state index contributed by atoms with van der Waals surface area (Å²) >= 11 is 0. The summed E-state index contributed by atoms with van der Waals surface area (Å²) in [5, 5.41) is 5.72. The molecule has 2 aromatic rings. The number of amides is 2. The van der Waals surface area contributed by atoms with E-state index < -0.39 is 0 Å². The highest BCUT2D eigenvalue weighted by atomic mass is 16.5. The van der Waals surface area contributed by atoms with E-state index in [4.69, 9.17) is 9.47 Å². The molecule has 6 heteroatoms. The van der Waals surface area contributed by atoms with Gasteiger partial charge in [-0.25, -0.2) is 0 Å². The summed E-state index contributed by atoms with van der Waals surface area (Å²) < 4.78 is 11.2. The summed E-state index contributed by atoms with van der Waals surface area (Å²) in [6.45, 7) is 4.45. The van der Waals surface area contributed by atoms with Crippen LogP contribution in [0.4, 0.5) is 5.69 Å². The minimum absolute atomic E-state index is 0.0451. The summed E-state index contributed by atoms with van der Waals surface area (Å²) in [6.07, 6.45) is 2.79. The average Bonchev–Trinajstić information content (AvgIpc) is 3.53. The Bertz CT molecular complexity index is 829. The van der Waals surface area contributed by atoms with Crippen molar-refractivity contribution < 1.29 is 19.1 Å². The monoisotopic (exact) mass is 396 g/mol. The molecule has 0 bridgehead atoms. The van der Waals surface area contributed by atoms with Gasteiger partial charge in [-0.3, -0.25) is 9.59 Å². The highest BCUT2D eigenvalue weighted by Gasteiger charge is 2.29. The molecule has 0 saturated heterocycles. The molecule has 154 valence electrons. The lowest BCUT2D eigenvalue weighted by molar-refractivity contribution is -0.123. The molecule has 0 aromatic heterocycles. The molecule has 1 aliphatic carbocycles. The van der Waals surface area contributed by atoms with Gasteiger partial charge in [0, 0.05) is 24.2 Å². The predicted molar refractivity (Wildman–Crippen MR) is 112 cm³/mol. The second-order valence-electron chi connectivity index (χ2n) is 7.49. The molecule has 2 amide bonds. The topological polar surface area (TPSA) is 76.7 Å². The molecular formula is C23H28N2O4. The van der Waals surface area contributed by atoms with Crippen LogP contribution in [0.5, 0.6) is 11.5 Å². The maximum Gasteiger partial charge on any atom is 0.257 e. The molecule has 3 rings (SSSR count). The first kappa shape index (κ1) is 20.7. The van der Waals surface area contributed by atoms with Crippen LogP contribution in [0.3, 0.4) is 0 Å². The lowest BCUT2D eigenvalue weighted by atomic mass is 10.1. The minimum atomic E-state index is -0.183. The maximum atomic E-state index is 12.0. The SMILES string of the molecule is CC(C)Oc1ccc(CCNC(=O)COc2cccc(NC(=O)C3CC3)c2)cc1. The first-order valence-electron chi connectivity index (χ1n) is 10.1. The van der Waals surface area contributed by atoms with Gasteiger partial charge in [-0.2, -0.15) is 0 Å². The second-order valence-corrected chi connectivity index (χ2v) is 7.49. The second kappa shape index (κ2) is 9.96. The van der Waals surface area contributed by atoms with Gasteiger partial charge >= 0.3 is 0 Å². The number of ether oxygens (including phenoxy) is 2. The van der Waals surface area contributed by atoms with E-state index in [0.29, 0.717) is 18.0 Å². The fourth-order valence-electron chi connectivity index (χ4n) is 2.81. The molecule has 2 N–H and O–H groups in total. The van der Waals surface area contributed by atoms with Crippen molar-refractivity contribution in [2.24, 2.45) is 5.92 Å². The van der Waals surface area contributed by atoms with Crippen LogP contribution in [0, 0.1) is 5.92 Å². The molecule has 0 unspecified atom stereocenters. The zero-order valence-electron chi connectivity index (χ0n) is 16.9. The third-order valence-electron chi connectivity index (χ3n) is 4.45. The van der Waals surface area contributed by atoms with Gasteiger partial charge in [0.05, 0.1) is 6.10 Å². The van der Waals surface area contributed by atoms with Crippen molar-refractivity contribution in [1.29, 1.82) is 0 Å². The molecule has 2 aromatic carbocycles. The number of rotatable bonds is 10. The fourth-order valence-corrected chi connectivity index (χ4v) is 2.81. The van der Waals surface area contributed by atoms with Gasteiger partial charge in [-0.15, -0.1) is 0 Å². The summed E-state index contributed by atoms with van der Waals surface area (Å²) in [4.78, 5) is 23.8. The van der Waals surface area contributed by atoms with Crippen molar-refractivity contribution in [2.45, 2.75) is 39.2 Å². The van der Waals surface area contributed by atoms with Crippen molar-refractivity contribution in [3.63, 3.8) is 0 Å². The minimum Gasteiger partial charge on any atom is -0.491 e. The molecule has 29 heavy (non-hydrogen) atoms. The van der Waals surface area contributed by atoms with Gasteiger partial charge < -0.3 is 20.1 Å². The normalized spacial score (nSPS) is 13.1. The smallest absolute Gasteiger partial charge is 0.257 e. The van der Waals surface area contributed by atoms with E-state index in [1.807, 2.05) is 44.2 Å². The Morgan fingerprint density at radius 2 is 1.83 bits per heavy atom. The van der Waals surface area contributed by atoms with Crippen LogP contribution in [-0.2, 0) is 16.0 Å². The van der Waals surface area contributed by atoms with E-state index >= 15 is 0 Å². The lowest BCUT2D eigenvalue weighted by Crippen LogP contribution is -2.30. The number of carbonyl (C=O) groups is 2. The molecule has 0 atom stereocenters. The highest BCUT2D eigenvalue weighted by molar-refractivity contribution is 5.94. The van der Waals surface area contributed by atoms with Gasteiger partial charge in [0.15, 0.2) is 6.61 Å². The van der Waals surface area contributed by atoms with Crippen LogP contribution in [0.1, 0.15) is 32.3 Å². The Kier molecular flexibility index (Phi) is 7.11. The maximum absolute atomic E-state index is 12.0. The van der Waals surface area contributed by atoms with Crippen LogP contribution in [0.15, 0.2) is 48.5 Å². The first-order chi connectivity index (χ1) is 14.0. The molecule has 1 saturated carbocycles. The Morgan fingerprint density at radius 3 is 2.52 bits per heavy atom. The Balaban J connectivity index is 1.37. The number of carbonyl (C=O) groups excluding carboxylic acids is 2. The molecule has 0 aliphatic heterocycles. The van der Waals surface area contributed by atoms with Crippen molar-refractivity contribution in [1.82, 2.24) is 5.32 Å². The van der Waals surface area contributed by atoms with Crippen LogP contribution in [0.2, 0.25) is 0 Å². The molecule has 0 spiro atoms. The van der Waals surface area contributed by atoms with E-state index in [2.05, 4.69) is 10.6 Å². The molecule has 1 aliphatic rings. The van der Waals surface area contributed by atoms with Crippen LogP contribution in [0.25, 0.3) is 0 Å². The summed E-state index contributed by atoms with van der Waals surface area (Å²) in [5.74, 6) is 1.40. The number of benzene rings is 2. The van der Waals surface area contributed by atoms with Gasteiger partial charge in [0.1, 0.15) is 11.5 Å². The first-order valence-corrected chi connectivity index (χ1v) is 10.1. The van der Waals surface area contributed by atoms with Crippen molar-refractivity contribution in [2.75, 3.05) is 18.5 Å². The molecule has 0 radical (unpaired) electrons. The van der Waals surface area contributed by atoms with Crippen LogP contribution >= 0.6 is 0 Å². The fraction of sp³-hybridized carbons (Fsp3) is 0.391. The molecule has 6 nitrogen and oxygen atoms in total. The van der Waals surface area contributed by atoms with Crippen LogP contribution in [-0.4, -0.2) is 31.1 Å². The zero-order valence-corrected chi connectivity index (χ0v) is 16.9. The van der Waals surface area contributed by atoms with Gasteiger partial charge in [-0.1, -0.05) is 18.2 Å². The standard InChI is InChI=1S/C23H28N2O4/c1-16(2)29-20-10-6-17(7-11-20)12-13-24-22(26)15-28-21-5-3-4-19(14-21)25-23(27)18-8-9-18/h3-7,10-11,14,16,18H,8-9,12-13,15H2,1-2H3,(H,24,26)(H,25,27). The van der Waals surface area contributed by atoms with Gasteiger partial charge in [0.2, 0.25) is 5.91 Å². The Labute approximate surface area is 171 Å². The predicted octanol–water partition coefficient (Wildman–Crippen LogP) is 3.56. The number of hydrogen-bond donors (Lipinski definition) is 2. The Morgan fingerprint density at radius 1 is 1.07 bits per heavy atom. The van der Waals surface area contributed by atoms with Gasteiger partial charge in [-0.05, 0) is 62.9 Å². The quantitative estimate of drug-likeness (QED) is 0.644. The summed E-state index contributed by atoms with van der Waals surface area (Å²) in [7, 11) is 0. The summed E-state index contributed by atoms with van der Waals surface area (Å²) in [5.41, 5.74) is 1.81. The molecular weight excluding hydrogens is 368 g/mol. The number of anilines is 1. The highest BCUT2D eigenvalue weighted by Crippen LogP contribution is 2.30. The van der Waals surface area contributed by atoms with E-state index in [-0.39, 0.29) is 30.4 Å². The third kappa shape index (κ3) is 7.14. The lowest BCUT2D eigenvalue weighted by Gasteiger charge is -2.11. The van der Waals surface area contributed by atoms with Crippen LogP contribution < -0.4 is 20.1 Å². The van der Waals surface area contributed by atoms with Gasteiger partial charge in [0.25, 0.3) is 5.91 Å². The Hall–Kier alpha value is -3.02. The third-order valence-corrected chi connectivity index (χ3v) is 4.45. The van der Waals surface area contributed by atoms with Crippen molar-refractivity contribution in [3.8, 4) is 11.5 Å². The zero-order chi connectivity index (χ0) is 20.6. The summed E-state index contributed by atoms with van der Waals surface area (Å²) in [6, 6.07) is 15.0. The van der Waals surface area contributed by atoms with E-state index in [0.717, 1.165) is 30.6 Å². The van der Waals surface area contributed by atoms with E-state index in [9.17, 15) is 9.59 Å².